The third-order valence-corrected chi connectivity index (χ3v) is 8.16. The van der Waals surface area contributed by atoms with Crippen LogP contribution in [0.25, 0.3) is 0 Å². The van der Waals surface area contributed by atoms with Crippen LogP contribution in [0, 0.1) is 0 Å². The number of benzene rings is 1. The van der Waals surface area contributed by atoms with E-state index < -0.39 is 8.32 Å². The maximum absolute atomic E-state index is 11.9. The SMILES string of the molecule is CC(C)(C)[Si](C)(C)OC(=O)CNC(=O)Cc1ccccc1. The molecule has 0 heterocycles. The highest BCUT2D eigenvalue weighted by Gasteiger charge is 2.40. The van der Waals surface area contributed by atoms with Gasteiger partial charge in [0, 0.05) is 0 Å². The van der Waals surface area contributed by atoms with Crippen LogP contribution in [0.1, 0.15) is 26.3 Å². The molecule has 4 nitrogen and oxygen atoms in total. The van der Waals surface area contributed by atoms with Gasteiger partial charge in [0.2, 0.25) is 5.91 Å². The minimum atomic E-state index is -2.11. The second kappa shape index (κ2) is 6.89. The molecular formula is C16H25NO3Si. The maximum Gasteiger partial charge on any atom is 0.312 e. The van der Waals surface area contributed by atoms with Crippen molar-refractivity contribution in [2.75, 3.05) is 6.54 Å². The summed E-state index contributed by atoms with van der Waals surface area (Å²) in [6.07, 6.45) is 0.272. The standard InChI is InChI=1S/C16H25NO3Si/c1-16(2,3)21(4,5)20-15(19)12-17-14(18)11-13-9-7-6-8-10-13/h6-10H,11-12H2,1-5H3,(H,17,18). The van der Waals surface area contributed by atoms with E-state index in [4.69, 9.17) is 4.43 Å². The lowest BCUT2D eigenvalue weighted by molar-refractivity contribution is -0.136. The Morgan fingerprint density at radius 1 is 1.14 bits per heavy atom. The zero-order valence-corrected chi connectivity index (χ0v) is 14.5. The molecule has 0 atom stereocenters. The summed E-state index contributed by atoms with van der Waals surface area (Å²) in [6, 6.07) is 9.43. The van der Waals surface area contributed by atoms with E-state index in [-0.39, 0.29) is 29.9 Å². The normalized spacial score (nSPS) is 11.9. The van der Waals surface area contributed by atoms with E-state index in [2.05, 4.69) is 26.1 Å². The van der Waals surface area contributed by atoms with Gasteiger partial charge in [-0.3, -0.25) is 9.59 Å². The molecule has 0 radical (unpaired) electrons. The van der Waals surface area contributed by atoms with Gasteiger partial charge >= 0.3 is 5.97 Å². The molecule has 21 heavy (non-hydrogen) atoms. The fourth-order valence-corrected chi connectivity index (χ4v) is 2.44. The summed E-state index contributed by atoms with van der Waals surface area (Å²) in [6.45, 7) is 10.2. The Morgan fingerprint density at radius 2 is 1.71 bits per heavy atom. The molecular weight excluding hydrogens is 282 g/mol. The second-order valence-corrected chi connectivity index (χ2v) is 11.4. The number of hydrogen-bond acceptors (Lipinski definition) is 3. The molecule has 0 aliphatic heterocycles. The van der Waals surface area contributed by atoms with Crippen molar-refractivity contribution < 1.29 is 14.0 Å². The Balaban J connectivity index is 2.41. The Morgan fingerprint density at radius 3 is 2.24 bits per heavy atom. The predicted octanol–water partition coefficient (Wildman–Crippen LogP) is 2.89. The largest absolute Gasteiger partial charge is 0.518 e. The third-order valence-electron chi connectivity index (χ3n) is 3.81. The van der Waals surface area contributed by atoms with Gasteiger partial charge < -0.3 is 9.74 Å². The van der Waals surface area contributed by atoms with E-state index in [1.54, 1.807) is 0 Å². The van der Waals surface area contributed by atoms with E-state index in [9.17, 15) is 9.59 Å². The highest BCUT2D eigenvalue weighted by Crippen LogP contribution is 2.36. The highest BCUT2D eigenvalue weighted by molar-refractivity contribution is 6.75. The van der Waals surface area contributed by atoms with Crippen LogP contribution >= 0.6 is 0 Å². The van der Waals surface area contributed by atoms with E-state index in [0.717, 1.165) is 5.56 Å². The Bertz CT molecular complexity index is 492. The Labute approximate surface area is 128 Å². The minimum Gasteiger partial charge on any atom is -0.518 e. The van der Waals surface area contributed by atoms with Crippen LogP contribution in [-0.4, -0.2) is 26.7 Å². The van der Waals surface area contributed by atoms with Gasteiger partial charge in [0.05, 0.1) is 6.42 Å². The summed E-state index contributed by atoms with van der Waals surface area (Å²) in [4.78, 5) is 23.6. The molecule has 0 bridgehead atoms. The highest BCUT2D eigenvalue weighted by atomic mass is 28.4. The fraction of sp³-hybridized carbons (Fsp3) is 0.500. The van der Waals surface area contributed by atoms with Gasteiger partial charge in [0.15, 0.2) is 0 Å². The van der Waals surface area contributed by atoms with E-state index in [0.29, 0.717) is 0 Å². The molecule has 5 heteroatoms. The smallest absolute Gasteiger partial charge is 0.312 e. The molecule has 1 amide bonds. The zero-order chi connectivity index (χ0) is 16.1. The summed E-state index contributed by atoms with van der Waals surface area (Å²) in [5.41, 5.74) is 0.924. The molecule has 0 spiro atoms. The van der Waals surface area contributed by atoms with Crippen molar-refractivity contribution in [2.24, 2.45) is 0 Å². The van der Waals surface area contributed by atoms with Gasteiger partial charge in [0.1, 0.15) is 6.54 Å². The van der Waals surface area contributed by atoms with Gasteiger partial charge in [-0.05, 0) is 23.7 Å². The van der Waals surface area contributed by atoms with E-state index in [1.165, 1.54) is 0 Å². The van der Waals surface area contributed by atoms with E-state index in [1.807, 2.05) is 43.4 Å². The Hall–Kier alpha value is -1.62. The monoisotopic (exact) mass is 307 g/mol. The van der Waals surface area contributed by atoms with Crippen molar-refractivity contribution in [3.05, 3.63) is 35.9 Å². The molecule has 1 rings (SSSR count). The van der Waals surface area contributed by atoms with Crippen molar-refractivity contribution in [3.8, 4) is 0 Å². The summed E-state index contributed by atoms with van der Waals surface area (Å²) < 4.78 is 5.59. The summed E-state index contributed by atoms with van der Waals surface area (Å²) >= 11 is 0. The Kier molecular flexibility index (Phi) is 5.72. The number of amides is 1. The van der Waals surface area contributed by atoms with E-state index >= 15 is 0 Å². The van der Waals surface area contributed by atoms with Crippen LogP contribution in [0.15, 0.2) is 30.3 Å². The molecule has 0 aliphatic rings. The van der Waals surface area contributed by atoms with Gasteiger partial charge in [0.25, 0.3) is 8.32 Å². The van der Waals surface area contributed by atoms with Gasteiger partial charge in [-0.1, -0.05) is 51.1 Å². The number of hydrogen-bond donors (Lipinski definition) is 1. The minimum absolute atomic E-state index is 0.0310. The molecule has 0 fully saturated rings. The lowest BCUT2D eigenvalue weighted by Gasteiger charge is -2.35. The summed E-state index contributed by atoms with van der Waals surface area (Å²) in [5.74, 6) is -0.531. The van der Waals surface area contributed by atoms with Gasteiger partial charge in [-0.2, -0.15) is 0 Å². The lowest BCUT2D eigenvalue weighted by atomic mass is 10.1. The van der Waals surface area contributed by atoms with Crippen LogP contribution in [0.4, 0.5) is 0 Å². The van der Waals surface area contributed by atoms with Crippen molar-refractivity contribution in [1.82, 2.24) is 5.32 Å². The van der Waals surface area contributed by atoms with Crippen LogP contribution in [-0.2, 0) is 20.4 Å². The quantitative estimate of drug-likeness (QED) is 0.851. The van der Waals surface area contributed by atoms with Crippen molar-refractivity contribution >= 4 is 20.2 Å². The maximum atomic E-state index is 11.9. The van der Waals surface area contributed by atoms with Crippen LogP contribution in [0.2, 0.25) is 18.1 Å². The summed E-state index contributed by atoms with van der Waals surface area (Å²) in [7, 11) is -2.11. The number of nitrogens with one attached hydrogen (secondary N) is 1. The predicted molar refractivity (Wildman–Crippen MR) is 86.4 cm³/mol. The van der Waals surface area contributed by atoms with Crippen LogP contribution in [0.3, 0.4) is 0 Å². The average Bonchev–Trinajstić information content (AvgIpc) is 2.36. The number of carbonyl (C=O) groups excluding carboxylic acids is 2. The summed E-state index contributed by atoms with van der Waals surface area (Å²) in [5, 5.41) is 2.58. The van der Waals surface area contributed by atoms with Crippen LogP contribution < -0.4 is 5.32 Å². The number of carbonyl (C=O) groups is 2. The van der Waals surface area contributed by atoms with Crippen molar-refractivity contribution in [1.29, 1.82) is 0 Å². The van der Waals surface area contributed by atoms with Crippen molar-refractivity contribution in [3.63, 3.8) is 0 Å². The first-order valence-electron chi connectivity index (χ1n) is 7.14. The first-order valence-corrected chi connectivity index (χ1v) is 10.0. The molecule has 0 saturated carbocycles. The third kappa shape index (κ3) is 5.71. The molecule has 0 unspecified atom stereocenters. The number of rotatable bonds is 5. The van der Waals surface area contributed by atoms with Crippen molar-refractivity contribution in [2.45, 2.75) is 45.3 Å². The van der Waals surface area contributed by atoms with Gasteiger partial charge in [-0.25, -0.2) is 0 Å². The zero-order valence-electron chi connectivity index (χ0n) is 13.5. The second-order valence-electron chi connectivity index (χ2n) is 6.67. The topological polar surface area (TPSA) is 55.4 Å². The molecule has 1 aromatic carbocycles. The molecule has 0 aromatic heterocycles. The fourth-order valence-electron chi connectivity index (χ4n) is 1.49. The first kappa shape index (κ1) is 17.4. The van der Waals surface area contributed by atoms with Gasteiger partial charge in [-0.15, -0.1) is 0 Å². The lowest BCUT2D eigenvalue weighted by Crippen LogP contribution is -2.45. The average molecular weight is 307 g/mol. The molecule has 0 saturated heterocycles. The molecule has 1 aromatic rings. The van der Waals surface area contributed by atoms with Crippen LogP contribution in [0.5, 0.6) is 0 Å². The first-order chi connectivity index (χ1) is 9.62. The molecule has 116 valence electrons. The molecule has 0 aliphatic carbocycles. The molecule has 1 N–H and O–H groups in total.